The lowest BCUT2D eigenvalue weighted by molar-refractivity contribution is -0.165. The van der Waals surface area contributed by atoms with E-state index in [0.717, 1.165) is 17.8 Å². The summed E-state index contributed by atoms with van der Waals surface area (Å²) in [6, 6.07) is 3.85. The van der Waals surface area contributed by atoms with Gasteiger partial charge in [0.25, 0.3) is 11.6 Å². The van der Waals surface area contributed by atoms with Crippen LogP contribution in [0.3, 0.4) is 0 Å². The summed E-state index contributed by atoms with van der Waals surface area (Å²) in [7, 11) is 0. The van der Waals surface area contributed by atoms with Gasteiger partial charge in [-0.15, -0.1) is 6.58 Å². The Labute approximate surface area is 216 Å². The largest absolute Gasteiger partial charge is 0.513 e. The molecule has 0 unspecified atom stereocenters. The molecule has 2 N–H and O–H groups in total. The number of hydrogen-bond donors (Lipinski definition) is 2. The van der Waals surface area contributed by atoms with E-state index >= 15 is 0 Å². The number of carbonyl (C=O) groups is 2. The Morgan fingerprint density at radius 3 is 2.30 bits per heavy atom. The fourth-order valence-corrected chi connectivity index (χ4v) is 4.91. The van der Waals surface area contributed by atoms with Crippen LogP contribution in [0.4, 0.5) is 32.0 Å². The Hall–Kier alpha value is -3.26. The molecule has 1 aliphatic heterocycles. The lowest BCUT2D eigenvalue weighted by Crippen LogP contribution is -2.36. The van der Waals surface area contributed by atoms with Crippen molar-refractivity contribution in [3.8, 4) is 5.75 Å². The van der Waals surface area contributed by atoms with E-state index < -0.39 is 30.6 Å². The lowest BCUT2D eigenvalue weighted by Gasteiger charge is -2.32. The number of ketones is 2. The van der Waals surface area contributed by atoms with Crippen LogP contribution in [-0.2, 0) is 9.59 Å². The van der Waals surface area contributed by atoms with Crippen LogP contribution in [0.2, 0.25) is 0 Å². The number of carbonyl (C=O) groups excluding carboxylic acids is 2. The molecule has 0 amide bonds. The number of aliphatic hydroxyl groups is 1. The van der Waals surface area contributed by atoms with Crippen molar-refractivity contribution in [2.45, 2.75) is 24.2 Å². The molecular weight excluding hydrogens is 546 g/mol. The number of phenols is 1. The maximum absolute atomic E-state index is 13.1. The number of benzene rings is 1. The monoisotopic (exact) mass is 566 g/mol. The van der Waals surface area contributed by atoms with Crippen molar-refractivity contribution < 1.29 is 46.1 Å². The van der Waals surface area contributed by atoms with Gasteiger partial charge >= 0.3 is 12.4 Å². The first kappa shape index (κ1) is 30.0. The molecule has 0 radical (unpaired) electrons. The van der Waals surface area contributed by atoms with E-state index in [9.17, 15) is 46.1 Å². The number of halogens is 6. The molecule has 0 saturated heterocycles. The summed E-state index contributed by atoms with van der Waals surface area (Å²) in [5, 5.41) is 18.7. The third-order valence-corrected chi connectivity index (χ3v) is 6.42. The lowest BCUT2D eigenvalue weighted by atomic mass is 10.2. The maximum Gasteiger partial charge on any atom is 0.454 e. The number of aliphatic hydroxyl groups excluding tert-OH is 1. The van der Waals surface area contributed by atoms with E-state index in [0.29, 0.717) is 23.9 Å². The van der Waals surface area contributed by atoms with Gasteiger partial charge in [0.05, 0.1) is 28.2 Å². The molecule has 1 aliphatic rings. The molecule has 1 heterocycles. The van der Waals surface area contributed by atoms with E-state index in [1.807, 2.05) is 0 Å². The van der Waals surface area contributed by atoms with Crippen LogP contribution in [0.5, 0.6) is 5.75 Å². The summed E-state index contributed by atoms with van der Waals surface area (Å²) >= 11 is 1.34. The average Bonchev–Trinajstić information content (AvgIpc) is 3.06. The first-order chi connectivity index (χ1) is 17.0. The number of rotatable bonds is 10. The molecule has 1 aromatic carbocycles. The standard InChI is InChI=1S/C23H20F6N2O4S2/c1-4-7-30(20(10-18(34)22(24,25)26)36-14(3)8-13(2)32)12-31-16-6-5-15(33)9-17(16)37-21(31)11-19(35)23(27,28)29/h4-6,8-11,32-33H,1,3,7,12H2,2H3/b13-8+,20-10+,21-11+. The molecule has 0 aliphatic carbocycles. The fraction of sp³-hybridized carbons (Fsp3) is 0.217. The van der Waals surface area contributed by atoms with Crippen molar-refractivity contribution >= 4 is 40.8 Å². The fourth-order valence-electron chi connectivity index (χ4n) is 2.86. The second-order valence-electron chi connectivity index (χ2n) is 7.38. The van der Waals surface area contributed by atoms with Crippen LogP contribution in [0.15, 0.2) is 81.3 Å². The first-order valence-electron chi connectivity index (χ1n) is 10.1. The number of anilines is 1. The minimum Gasteiger partial charge on any atom is -0.513 e. The summed E-state index contributed by atoms with van der Waals surface area (Å²) in [4.78, 5) is 26.2. The number of alkyl halides is 6. The highest BCUT2D eigenvalue weighted by Crippen LogP contribution is 2.48. The van der Waals surface area contributed by atoms with Gasteiger partial charge < -0.3 is 20.0 Å². The Balaban J connectivity index is 2.59. The van der Waals surface area contributed by atoms with E-state index in [2.05, 4.69) is 13.2 Å². The van der Waals surface area contributed by atoms with Gasteiger partial charge in [-0.2, -0.15) is 26.3 Å². The zero-order chi connectivity index (χ0) is 28.1. The molecule has 1 aromatic rings. The smallest absolute Gasteiger partial charge is 0.454 e. The second kappa shape index (κ2) is 11.9. The molecule has 6 nitrogen and oxygen atoms in total. The number of nitrogens with zero attached hydrogens (tertiary/aromatic N) is 2. The molecule has 0 saturated carbocycles. The van der Waals surface area contributed by atoms with E-state index in [4.69, 9.17) is 0 Å². The molecule has 2 rings (SSSR count). The van der Waals surface area contributed by atoms with Gasteiger partial charge in [0.1, 0.15) is 5.75 Å². The van der Waals surface area contributed by atoms with Crippen molar-refractivity contribution in [2.75, 3.05) is 18.1 Å². The van der Waals surface area contributed by atoms with Crippen LogP contribution in [0.25, 0.3) is 0 Å². The van der Waals surface area contributed by atoms with Gasteiger partial charge in [0.15, 0.2) is 0 Å². The number of thioether (sulfide) groups is 2. The second-order valence-corrected chi connectivity index (χ2v) is 9.59. The molecule has 0 spiro atoms. The summed E-state index contributed by atoms with van der Waals surface area (Å²) in [6.07, 6.45) is -7.34. The molecule has 37 heavy (non-hydrogen) atoms. The van der Waals surface area contributed by atoms with E-state index in [-0.39, 0.29) is 43.6 Å². The molecule has 0 fully saturated rings. The van der Waals surface area contributed by atoms with Crippen LogP contribution in [0.1, 0.15) is 6.92 Å². The van der Waals surface area contributed by atoms with E-state index in [1.54, 1.807) is 0 Å². The van der Waals surface area contributed by atoms with Crippen LogP contribution in [0, 0.1) is 0 Å². The topological polar surface area (TPSA) is 81.1 Å². The Bertz CT molecular complexity index is 1180. The van der Waals surface area contributed by atoms with Gasteiger partial charge in [-0.25, -0.2) is 0 Å². The van der Waals surface area contributed by atoms with Gasteiger partial charge in [0.2, 0.25) is 0 Å². The van der Waals surface area contributed by atoms with Crippen LogP contribution >= 0.6 is 23.5 Å². The Kier molecular flexibility index (Phi) is 9.60. The van der Waals surface area contributed by atoms with E-state index in [1.165, 1.54) is 41.0 Å². The average molecular weight is 567 g/mol. The van der Waals surface area contributed by atoms with Crippen LogP contribution < -0.4 is 4.90 Å². The summed E-state index contributed by atoms with van der Waals surface area (Å²) in [5.41, 5.74) is 0.259. The van der Waals surface area contributed by atoms with Crippen molar-refractivity contribution in [3.63, 3.8) is 0 Å². The first-order valence-corrected chi connectivity index (χ1v) is 11.7. The number of aromatic hydroxyl groups is 1. The van der Waals surface area contributed by atoms with Crippen molar-refractivity contribution in [1.29, 1.82) is 0 Å². The summed E-state index contributed by atoms with van der Waals surface area (Å²) < 4.78 is 78.0. The van der Waals surface area contributed by atoms with Gasteiger partial charge in [-0.05, 0) is 31.2 Å². The molecule has 14 heteroatoms. The third kappa shape index (κ3) is 8.39. The molecular formula is C23H20F6N2O4S2. The number of phenolic OH excluding ortho intramolecular Hbond substituents is 1. The highest BCUT2D eigenvalue weighted by molar-refractivity contribution is 8.06. The van der Waals surface area contributed by atoms with Gasteiger partial charge in [0, 0.05) is 28.5 Å². The van der Waals surface area contributed by atoms with Gasteiger partial charge in [-0.1, -0.05) is 36.2 Å². The van der Waals surface area contributed by atoms with Crippen molar-refractivity contribution in [3.05, 3.63) is 76.4 Å². The SMILES string of the molecule is C=CCN(CN1/C(=C\C(=O)C(F)(F)F)Sc2cc(O)ccc21)/C(=C\C(=O)C(F)(F)F)SC(=C)/C=C(\C)O. The summed E-state index contributed by atoms with van der Waals surface area (Å²) in [5.74, 6) is -4.78. The van der Waals surface area contributed by atoms with Crippen molar-refractivity contribution in [2.24, 2.45) is 0 Å². The Morgan fingerprint density at radius 2 is 1.76 bits per heavy atom. The zero-order valence-electron chi connectivity index (χ0n) is 19.1. The van der Waals surface area contributed by atoms with Crippen LogP contribution in [-0.4, -0.2) is 52.2 Å². The van der Waals surface area contributed by atoms with Crippen molar-refractivity contribution in [1.82, 2.24) is 4.90 Å². The highest BCUT2D eigenvalue weighted by Gasteiger charge is 2.40. The molecule has 0 atom stereocenters. The minimum absolute atomic E-state index is 0.0550. The minimum atomic E-state index is -5.21. The highest BCUT2D eigenvalue weighted by atomic mass is 32.2. The number of allylic oxidation sites excluding steroid dienone is 4. The predicted octanol–water partition coefficient (Wildman–Crippen LogP) is 6.40. The number of hydrogen-bond acceptors (Lipinski definition) is 8. The normalized spacial score (nSPS) is 15.5. The quantitative estimate of drug-likeness (QED) is 0.111. The predicted molar refractivity (Wildman–Crippen MR) is 130 cm³/mol. The molecule has 0 aromatic heterocycles. The molecule has 200 valence electrons. The third-order valence-electron chi connectivity index (χ3n) is 4.36. The number of fused-ring (bicyclic) bond motifs is 1. The molecule has 0 bridgehead atoms. The summed E-state index contributed by atoms with van der Waals surface area (Å²) in [6.45, 7) is 7.85. The Morgan fingerprint density at radius 1 is 1.14 bits per heavy atom. The maximum atomic E-state index is 13.1. The zero-order valence-corrected chi connectivity index (χ0v) is 20.7. The van der Waals surface area contributed by atoms with Gasteiger partial charge in [-0.3, -0.25) is 9.59 Å².